The highest BCUT2D eigenvalue weighted by Crippen LogP contribution is 2.44. The predicted octanol–water partition coefficient (Wildman–Crippen LogP) is 29.5. The van der Waals surface area contributed by atoms with Crippen LogP contribution >= 0.6 is 45.3 Å². The van der Waals surface area contributed by atoms with Crippen molar-refractivity contribution in [1.29, 1.82) is 0 Å². The largest absolute Gasteiger partial charge is 0.289 e. The smallest absolute Gasteiger partial charge is 0.195 e. The van der Waals surface area contributed by atoms with Crippen molar-refractivity contribution in [3.8, 4) is 30.6 Å². The topological polar surface area (TPSA) is 34.1 Å². The first-order chi connectivity index (χ1) is 46.2. The molecule has 9 aromatic rings. The fourth-order valence-electron chi connectivity index (χ4n) is 15.6. The molecule has 0 saturated heterocycles. The van der Waals surface area contributed by atoms with Gasteiger partial charge in [0.2, 0.25) is 0 Å². The minimum atomic E-state index is 0.170. The maximum Gasteiger partial charge on any atom is 0.195 e. The monoisotopic (exact) mass is 1340 g/mol. The van der Waals surface area contributed by atoms with Crippen LogP contribution in [0.1, 0.15) is 315 Å². The number of unbranched alkanes of at least 4 members (excludes halogenated alkanes) is 32. The Kier molecular flexibility index (Phi) is 32.0. The summed E-state index contributed by atoms with van der Waals surface area (Å²) in [6.07, 6.45) is 57.6. The number of thiophene rings is 4. The van der Waals surface area contributed by atoms with Crippen molar-refractivity contribution < 1.29 is 0 Å². The molecule has 2 nitrogen and oxygen atoms in total. The van der Waals surface area contributed by atoms with Gasteiger partial charge in [-0.25, -0.2) is 0 Å². The molecule has 6 heteroatoms. The van der Waals surface area contributed by atoms with Gasteiger partial charge < -0.3 is 0 Å². The Bertz CT molecular complexity index is 3670. The number of fused-ring (bicyclic) bond motifs is 4. The van der Waals surface area contributed by atoms with Gasteiger partial charge in [-0.1, -0.05) is 285 Å². The number of hydrogen-bond acceptors (Lipinski definition) is 6. The van der Waals surface area contributed by atoms with Gasteiger partial charge in [0.1, 0.15) is 0 Å². The summed E-state index contributed by atoms with van der Waals surface area (Å²) in [5.41, 5.74) is 4.88. The standard InChI is InChI=1S/C88H122O2S4/c1-7-11-15-19-23-27-29-33-37-41-45-67(43-39-35-31-25-21-17-13-9-3)57-75-77-59-69-61-81(83-53-48-66(6)92-83)87(89)73(69)63-79(77)76(58-68(44-40-36-32-26-22-18-14-10-4)46-42-38-34-30-28-24-20-16-12-8-2)78-60-70-62-82(88(90)74(70)64-80(75)78)84-55-56-86(94-84)85-54-52-72(93-85)51-50-71-49-47-65(5)91-71/h47-49,52-56,59-64,67-68H,7-46,50-51,57-58H2,1-6H3. The fourth-order valence-corrected chi connectivity index (χ4v) is 19.5. The zero-order chi connectivity index (χ0) is 65.7. The molecule has 0 aliphatic carbocycles. The van der Waals surface area contributed by atoms with Crippen LogP contribution in [-0.2, 0) is 25.7 Å². The van der Waals surface area contributed by atoms with Crippen LogP contribution in [0.5, 0.6) is 0 Å². The Morgan fingerprint density at radius 2 is 0.585 bits per heavy atom. The van der Waals surface area contributed by atoms with E-state index in [1.54, 1.807) is 22.7 Å². The summed E-state index contributed by atoms with van der Waals surface area (Å²) in [4.78, 5) is 40.7. The second kappa shape index (κ2) is 40.6. The number of rotatable bonds is 50. The van der Waals surface area contributed by atoms with Gasteiger partial charge in [-0.3, -0.25) is 9.59 Å². The lowest BCUT2D eigenvalue weighted by molar-refractivity contribution is 0.400. The molecule has 0 radical (unpaired) electrons. The second-order valence-corrected chi connectivity index (χ2v) is 34.1. The quantitative estimate of drug-likeness (QED) is 0.0281. The molecule has 0 aliphatic heterocycles. The first-order valence-electron chi connectivity index (χ1n) is 39.1. The van der Waals surface area contributed by atoms with Crippen LogP contribution in [0.2, 0.25) is 0 Å². The Morgan fingerprint density at radius 3 is 0.957 bits per heavy atom. The third-order valence-electron chi connectivity index (χ3n) is 21.3. The van der Waals surface area contributed by atoms with Crippen LogP contribution in [0, 0.1) is 25.7 Å². The van der Waals surface area contributed by atoms with Gasteiger partial charge in [0.25, 0.3) is 0 Å². The summed E-state index contributed by atoms with van der Waals surface area (Å²) in [6, 6.07) is 32.2. The molecule has 0 N–H and O–H groups in total. The van der Waals surface area contributed by atoms with Gasteiger partial charge in [-0.15, -0.1) is 45.3 Å². The molecule has 0 bridgehead atoms. The average molecular weight is 1340 g/mol. The summed E-state index contributed by atoms with van der Waals surface area (Å²) in [6.45, 7) is 13.7. The van der Waals surface area contributed by atoms with Crippen molar-refractivity contribution in [1.82, 2.24) is 0 Å². The van der Waals surface area contributed by atoms with E-state index in [4.69, 9.17) is 0 Å². The highest BCUT2D eigenvalue weighted by atomic mass is 32.1. The maximum absolute atomic E-state index is 15.4. The van der Waals surface area contributed by atoms with E-state index < -0.39 is 0 Å². The first-order valence-corrected chi connectivity index (χ1v) is 42.4. The highest BCUT2D eigenvalue weighted by Gasteiger charge is 2.25. The molecular weight excluding hydrogens is 1220 g/mol. The van der Waals surface area contributed by atoms with Crippen LogP contribution in [-0.4, -0.2) is 0 Å². The zero-order valence-corrected chi connectivity index (χ0v) is 63.1. The van der Waals surface area contributed by atoms with E-state index in [0.29, 0.717) is 11.8 Å². The van der Waals surface area contributed by atoms with Gasteiger partial charge in [0.05, 0.1) is 0 Å². The maximum atomic E-state index is 15.4. The lowest BCUT2D eigenvalue weighted by atomic mass is 9.80. The number of hydrogen-bond donors (Lipinski definition) is 0. The van der Waals surface area contributed by atoms with Gasteiger partial charge in [-0.05, 0) is 180 Å². The highest BCUT2D eigenvalue weighted by molar-refractivity contribution is 7.24. The SMILES string of the molecule is CCCCCCCCCCCCC(CCCCCCCCCC)Cc1c2cc3cc(-c4ccc(-c5ccc(CCc6ccc(C)s6)s5)s4)c(=O)c3cc2c(CC(CCCCCCCCCC)CCCCCCCCCCCC)c2cc3cc(-c4ccc(C)s4)c(=O)c3cc12. The van der Waals surface area contributed by atoms with E-state index in [1.807, 2.05) is 22.7 Å². The van der Waals surface area contributed by atoms with E-state index in [-0.39, 0.29) is 10.9 Å². The van der Waals surface area contributed by atoms with Crippen molar-refractivity contribution in [2.24, 2.45) is 11.8 Å². The molecule has 510 valence electrons. The van der Waals surface area contributed by atoms with Gasteiger partial charge in [0.15, 0.2) is 10.9 Å². The second-order valence-electron chi connectivity index (χ2n) is 29.2. The van der Waals surface area contributed by atoms with Gasteiger partial charge in [-0.2, -0.15) is 0 Å². The van der Waals surface area contributed by atoms with Crippen LogP contribution in [0.4, 0.5) is 0 Å². The van der Waals surface area contributed by atoms with E-state index in [0.717, 1.165) is 68.1 Å². The summed E-state index contributed by atoms with van der Waals surface area (Å²) in [5.74, 6) is 1.10. The Labute approximate surface area is 586 Å². The van der Waals surface area contributed by atoms with Crippen molar-refractivity contribution in [3.63, 3.8) is 0 Å². The Balaban J connectivity index is 1.12. The van der Waals surface area contributed by atoms with E-state index in [9.17, 15) is 0 Å². The average Bonchev–Trinajstić information content (AvgIpc) is 1.33. The van der Waals surface area contributed by atoms with Crippen LogP contribution in [0.3, 0.4) is 0 Å². The summed E-state index contributed by atoms with van der Waals surface area (Å²) in [7, 11) is 0. The Morgan fingerprint density at radius 1 is 0.287 bits per heavy atom. The normalized spacial score (nSPS) is 12.7. The van der Waals surface area contributed by atoms with Gasteiger partial charge in [0, 0.05) is 60.9 Å². The van der Waals surface area contributed by atoms with E-state index in [1.165, 1.54) is 319 Å². The van der Waals surface area contributed by atoms with Crippen molar-refractivity contribution in [2.75, 3.05) is 0 Å². The lowest BCUT2D eigenvalue weighted by Crippen LogP contribution is -2.10. The predicted molar refractivity (Wildman–Crippen MR) is 424 cm³/mol. The third kappa shape index (κ3) is 22.2. The lowest BCUT2D eigenvalue weighted by Gasteiger charge is -2.24. The summed E-state index contributed by atoms with van der Waals surface area (Å²) >= 11 is 7.35. The molecule has 2 unspecified atom stereocenters. The van der Waals surface area contributed by atoms with Crippen molar-refractivity contribution in [3.05, 3.63) is 136 Å². The minimum Gasteiger partial charge on any atom is -0.289 e. The molecule has 0 spiro atoms. The molecule has 0 saturated carbocycles. The zero-order valence-electron chi connectivity index (χ0n) is 59.8. The van der Waals surface area contributed by atoms with E-state index >= 15 is 9.59 Å². The minimum absolute atomic E-state index is 0.170. The molecule has 4 aromatic heterocycles. The summed E-state index contributed by atoms with van der Waals surface area (Å²) < 4.78 is 0. The van der Waals surface area contributed by atoms with Crippen LogP contribution < -0.4 is 10.9 Å². The first kappa shape index (κ1) is 74.0. The molecule has 4 heterocycles. The van der Waals surface area contributed by atoms with Crippen LogP contribution in [0.25, 0.3) is 73.7 Å². The fraction of sp³-hybridized carbons (Fsp3) is 0.591. The summed E-state index contributed by atoms with van der Waals surface area (Å²) in [5, 5.41) is 9.17. The molecule has 9 rings (SSSR count). The van der Waals surface area contributed by atoms with Crippen molar-refractivity contribution >= 4 is 88.4 Å². The molecule has 0 aliphatic rings. The number of aryl methyl sites for hydroxylation is 4. The molecular formula is C88H122O2S4. The van der Waals surface area contributed by atoms with E-state index in [2.05, 4.69) is 126 Å². The number of benzene rings is 3. The molecule has 94 heavy (non-hydrogen) atoms. The molecule has 5 aromatic carbocycles. The van der Waals surface area contributed by atoms with Crippen LogP contribution in [0.15, 0.2) is 94.5 Å². The molecule has 0 amide bonds. The van der Waals surface area contributed by atoms with Gasteiger partial charge >= 0.3 is 0 Å². The third-order valence-corrected chi connectivity index (χ3v) is 25.9. The van der Waals surface area contributed by atoms with Crippen molar-refractivity contribution in [2.45, 2.75) is 324 Å². The Hall–Kier alpha value is -4.20. The molecule has 2 atom stereocenters. The molecule has 0 fully saturated rings.